The molecule has 1 N–H and O–H groups in total. The van der Waals surface area contributed by atoms with Crippen LogP contribution in [0, 0.1) is 18.3 Å². The molecular weight excluding hydrogens is 346 g/mol. The molecule has 2 aromatic rings. The fourth-order valence-electron chi connectivity index (χ4n) is 2.62. The molecule has 0 spiro atoms. The quantitative estimate of drug-likeness (QED) is 0.719. The Bertz CT molecular complexity index is 802. The fourth-order valence-corrected chi connectivity index (χ4v) is 3.29. The van der Waals surface area contributed by atoms with Crippen LogP contribution < -0.4 is 10.1 Å². The van der Waals surface area contributed by atoms with E-state index in [9.17, 15) is 4.79 Å². The molecule has 1 amide bonds. The molecule has 6 heteroatoms. The first-order valence-electron chi connectivity index (χ1n) is 8.24. The summed E-state index contributed by atoms with van der Waals surface area (Å²) in [5.74, 6) is 1.07. The molecule has 0 saturated heterocycles. The molecule has 0 atom stereocenters. The molecule has 0 aliphatic carbocycles. The summed E-state index contributed by atoms with van der Waals surface area (Å²) in [5.41, 5.74) is 2.94. The van der Waals surface area contributed by atoms with Crippen LogP contribution in [0.5, 0.6) is 5.75 Å². The first-order valence-corrected chi connectivity index (χ1v) is 9.22. The summed E-state index contributed by atoms with van der Waals surface area (Å²) in [7, 11) is 3.55. The van der Waals surface area contributed by atoms with Gasteiger partial charge in [-0.05, 0) is 32.2 Å². The van der Waals surface area contributed by atoms with Crippen molar-refractivity contribution in [2.24, 2.45) is 0 Å². The Morgan fingerprint density at radius 2 is 2.08 bits per heavy atom. The number of ether oxygens (including phenoxy) is 1. The summed E-state index contributed by atoms with van der Waals surface area (Å²) in [5, 5.41) is 11.7. The van der Waals surface area contributed by atoms with Crippen molar-refractivity contribution in [2.75, 3.05) is 31.8 Å². The number of likely N-dealkylation sites (N-methyl/N-ethyl adjacent to an activating group) is 1. The molecule has 26 heavy (non-hydrogen) atoms. The molecule has 0 fully saturated rings. The summed E-state index contributed by atoms with van der Waals surface area (Å²) in [4.78, 5) is 15.2. The zero-order valence-electron chi connectivity index (χ0n) is 15.3. The Balaban J connectivity index is 1.98. The van der Waals surface area contributed by atoms with Gasteiger partial charge in [-0.25, -0.2) is 0 Å². The van der Waals surface area contributed by atoms with Gasteiger partial charge in [0.2, 0.25) is 5.91 Å². The van der Waals surface area contributed by atoms with Gasteiger partial charge >= 0.3 is 0 Å². The van der Waals surface area contributed by atoms with E-state index in [2.05, 4.69) is 17.5 Å². The molecule has 136 valence electrons. The second-order valence-corrected chi connectivity index (χ2v) is 7.00. The van der Waals surface area contributed by atoms with Gasteiger partial charge in [0.05, 0.1) is 31.2 Å². The second-order valence-electron chi connectivity index (χ2n) is 5.98. The van der Waals surface area contributed by atoms with Gasteiger partial charge < -0.3 is 10.1 Å². The number of hydrogen-bond acceptors (Lipinski definition) is 5. The van der Waals surface area contributed by atoms with E-state index in [1.54, 1.807) is 7.11 Å². The van der Waals surface area contributed by atoms with E-state index in [0.717, 1.165) is 27.5 Å². The summed E-state index contributed by atoms with van der Waals surface area (Å²) in [6.07, 6.45) is 0. The van der Waals surface area contributed by atoms with Crippen LogP contribution in [-0.2, 0) is 11.3 Å². The van der Waals surface area contributed by atoms with Crippen molar-refractivity contribution < 1.29 is 9.53 Å². The average molecular weight is 369 g/mol. The van der Waals surface area contributed by atoms with Crippen LogP contribution in [0.2, 0.25) is 0 Å². The number of carbonyl (C=O) groups is 1. The molecule has 2 rings (SSSR count). The predicted molar refractivity (Wildman–Crippen MR) is 105 cm³/mol. The maximum absolute atomic E-state index is 12.4. The van der Waals surface area contributed by atoms with Gasteiger partial charge in [0, 0.05) is 17.0 Å². The minimum atomic E-state index is -0.0934. The number of carbonyl (C=O) groups excluding carboxylic acids is 1. The maximum Gasteiger partial charge on any atom is 0.238 e. The lowest BCUT2D eigenvalue weighted by atomic mass is 10.1. The van der Waals surface area contributed by atoms with E-state index >= 15 is 0 Å². The SMILES string of the molecule is COc1ccc(C)cc1CN(C)CC(=O)Nc1ccccc1SCC#N. The van der Waals surface area contributed by atoms with Crippen LogP contribution in [0.3, 0.4) is 0 Å². The number of thioether (sulfide) groups is 1. The zero-order chi connectivity index (χ0) is 18.9. The molecule has 0 radical (unpaired) electrons. The lowest BCUT2D eigenvalue weighted by Gasteiger charge is -2.19. The second kappa shape index (κ2) is 9.85. The summed E-state index contributed by atoms with van der Waals surface area (Å²) >= 11 is 1.41. The van der Waals surface area contributed by atoms with E-state index < -0.39 is 0 Å². The number of anilines is 1. The van der Waals surface area contributed by atoms with E-state index in [1.807, 2.05) is 55.3 Å². The predicted octanol–water partition coefficient (Wildman–Crippen LogP) is 3.69. The third-order valence-electron chi connectivity index (χ3n) is 3.74. The minimum Gasteiger partial charge on any atom is -0.496 e. The van der Waals surface area contributed by atoms with E-state index in [-0.39, 0.29) is 12.5 Å². The van der Waals surface area contributed by atoms with E-state index in [1.165, 1.54) is 11.8 Å². The topological polar surface area (TPSA) is 65.4 Å². The molecule has 0 aromatic heterocycles. The Kier molecular flexibility index (Phi) is 7.52. The first kappa shape index (κ1) is 19.8. The average Bonchev–Trinajstić information content (AvgIpc) is 2.61. The lowest BCUT2D eigenvalue weighted by molar-refractivity contribution is -0.117. The van der Waals surface area contributed by atoms with Crippen molar-refractivity contribution in [3.05, 3.63) is 53.6 Å². The zero-order valence-corrected chi connectivity index (χ0v) is 16.1. The molecule has 0 aliphatic rings. The highest BCUT2D eigenvalue weighted by Crippen LogP contribution is 2.26. The van der Waals surface area contributed by atoms with Crippen LogP contribution >= 0.6 is 11.8 Å². The Labute approximate surface area is 159 Å². The van der Waals surface area contributed by atoms with Crippen molar-refractivity contribution in [1.29, 1.82) is 5.26 Å². The number of methoxy groups -OCH3 is 1. The number of nitrogens with one attached hydrogen (secondary N) is 1. The lowest BCUT2D eigenvalue weighted by Crippen LogP contribution is -2.30. The molecule has 0 heterocycles. The summed E-state index contributed by atoms with van der Waals surface area (Å²) in [6.45, 7) is 2.91. The molecule has 0 saturated carbocycles. The molecule has 0 unspecified atom stereocenters. The van der Waals surface area contributed by atoms with Gasteiger partial charge in [0.1, 0.15) is 5.75 Å². The number of nitrogens with zero attached hydrogens (tertiary/aromatic N) is 2. The van der Waals surface area contributed by atoms with Crippen molar-refractivity contribution in [3.8, 4) is 11.8 Å². The molecule has 0 bridgehead atoms. The van der Waals surface area contributed by atoms with E-state index in [4.69, 9.17) is 10.00 Å². The molecule has 2 aromatic carbocycles. The van der Waals surface area contributed by atoms with Crippen LogP contribution in [0.15, 0.2) is 47.4 Å². The molecular formula is C20H23N3O2S. The number of rotatable bonds is 8. The van der Waals surface area contributed by atoms with Gasteiger partial charge in [-0.1, -0.05) is 29.8 Å². The number of nitriles is 1. The normalized spacial score (nSPS) is 10.4. The largest absolute Gasteiger partial charge is 0.496 e. The Morgan fingerprint density at radius 3 is 2.81 bits per heavy atom. The smallest absolute Gasteiger partial charge is 0.238 e. The Morgan fingerprint density at radius 1 is 1.31 bits per heavy atom. The van der Waals surface area contributed by atoms with Crippen LogP contribution in [-0.4, -0.2) is 37.3 Å². The number of para-hydroxylation sites is 1. The monoisotopic (exact) mass is 369 g/mol. The highest BCUT2D eigenvalue weighted by molar-refractivity contribution is 7.99. The standard InChI is InChI=1S/C20H23N3O2S/c1-15-8-9-18(25-3)16(12-15)13-23(2)14-20(24)22-17-6-4-5-7-19(17)26-11-10-21/h4-9,12H,11,13-14H2,1-3H3,(H,22,24). The van der Waals surface area contributed by atoms with Gasteiger partial charge in [0.25, 0.3) is 0 Å². The molecule has 0 aliphatic heterocycles. The van der Waals surface area contributed by atoms with Crippen molar-refractivity contribution >= 4 is 23.4 Å². The van der Waals surface area contributed by atoms with Gasteiger partial charge in [-0.2, -0.15) is 5.26 Å². The first-order chi connectivity index (χ1) is 12.5. The number of amides is 1. The van der Waals surface area contributed by atoms with Gasteiger partial charge in [-0.3, -0.25) is 9.69 Å². The van der Waals surface area contributed by atoms with Crippen molar-refractivity contribution in [1.82, 2.24) is 4.90 Å². The van der Waals surface area contributed by atoms with Crippen LogP contribution in [0.1, 0.15) is 11.1 Å². The fraction of sp³-hybridized carbons (Fsp3) is 0.300. The number of aryl methyl sites for hydroxylation is 1. The van der Waals surface area contributed by atoms with Crippen molar-refractivity contribution in [2.45, 2.75) is 18.4 Å². The summed E-state index contributed by atoms with van der Waals surface area (Å²) < 4.78 is 5.40. The van der Waals surface area contributed by atoms with Crippen LogP contribution in [0.4, 0.5) is 5.69 Å². The minimum absolute atomic E-state index is 0.0934. The molecule has 5 nitrogen and oxygen atoms in total. The highest BCUT2D eigenvalue weighted by atomic mass is 32.2. The number of hydrogen-bond donors (Lipinski definition) is 1. The van der Waals surface area contributed by atoms with Crippen molar-refractivity contribution in [3.63, 3.8) is 0 Å². The van der Waals surface area contributed by atoms with Crippen LogP contribution in [0.25, 0.3) is 0 Å². The highest BCUT2D eigenvalue weighted by Gasteiger charge is 2.12. The van der Waals surface area contributed by atoms with Gasteiger partial charge in [0.15, 0.2) is 0 Å². The van der Waals surface area contributed by atoms with E-state index in [0.29, 0.717) is 12.3 Å². The third kappa shape index (κ3) is 5.80. The maximum atomic E-state index is 12.4. The summed E-state index contributed by atoms with van der Waals surface area (Å²) in [6, 6.07) is 15.6. The van der Waals surface area contributed by atoms with Gasteiger partial charge in [-0.15, -0.1) is 11.8 Å². The Hall–Kier alpha value is -2.49. The number of benzene rings is 2. The third-order valence-corrected chi connectivity index (χ3v) is 4.68.